The number of anilines is 2. The van der Waals surface area contributed by atoms with Crippen molar-refractivity contribution in [3.63, 3.8) is 0 Å². The van der Waals surface area contributed by atoms with Crippen LogP contribution in [0.5, 0.6) is 0 Å². The monoisotopic (exact) mass is 298 g/mol. The van der Waals surface area contributed by atoms with E-state index in [2.05, 4.69) is 0 Å². The summed E-state index contributed by atoms with van der Waals surface area (Å²) in [4.78, 5) is -0.0823. The van der Waals surface area contributed by atoms with Gasteiger partial charge in [-0.25, -0.2) is 17.2 Å². The van der Waals surface area contributed by atoms with Crippen molar-refractivity contribution in [1.29, 1.82) is 0 Å². The van der Waals surface area contributed by atoms with Crippen LogP contribution in [0.25, 0.3) is 0 Å². The summed E-state index contributed by atoms with van der Waals surface area (Å²) in [5, 5.41) is 0. The molecule has 0 aliphatic heterocycles. The summed E-state index contributed by atoms with van der Waals surface area (Å²) in [5.74, 6) is -2.38. The number of nitrogens with one attached hydrogen (secondary N) is 1. The molecule has 7 heteroatoms. The maximum Gasteiger partial charge on any atom is 0.262 e. The van der Waals surface area contributed by atoms with Crippen LogP contribution in [0.4, 0.5) is 20.2 Å². The first kappa shape index (κ1) is 14.3. The molecule has 2 aromatic carbocycles. The lowest BCUT2D eigenvalue weighted by molar-refractivity contribution is 0.511. The molecule has 0 aliphatic carbocycles. The van der Waals surface area contributed by atoms with Crippen LogP contribution in [0.2, 0.25) is 0 Å². The quantitative estimate of drug-likeness (QED) is 0.856. The predicted octanol–water partition coefficient (Wildman–Crippen LogP) is 2.66. The Morgan fingerprint density at radius 1 is 1.10 bits per heavy atom. The topological polar surface area (TPSA) is 72.2 Å². The minimum Gasteiger partial charge on any atom is -0.398 e. The van der Waals surface area contributed by atoms with Crippen LogP contribution in [-0.2, 0) is 10.0 Å². The Balaban J connectivity index is 2.47. The molecule has 106 valence electrons. The number of nitrogens with two attached hydrogens (primary N) is 1. The minimum atomic E-state index is -4.04. The summed E-state index contributed by atoms with van der Waals surface area (Å²) >= 11 is 0. The van der Waals surface area contributed by atoms with E-state index in [1.807, 2.05) is 4.72 Å². The smallest absolute Gasteiger partial charge is 0.262 e. The highest BCUT2D eigenvalue weighted by Crippen LogP contribution is 2.25. The maximum absolute atomic E-state index is 13.5. The molecule has 0 amide bonds. The van der Waals surface area contributed by atoms with Gasteiger partial charge < -0.3 is 5.73 Å². The molecule has 0 atom stereocenters. The highest BCUT2D eigenvalue weighted by Gasteiger charge is 2.20. The van der Waals surface area contributed by atoms with Gasteiger partial charge in [0.25, 0.3) is 10.0 Å². The van der Waals surface area contributed by atoms with E-state index < -0.39 is 27.3 Å². The van der Waals surface area contributed by atoms with E-state index in [0.717, 1.165) is 12.1 Å². The fraction of sp³-hybridized carbons (Fsp3) is 0.0769. The van der Waals surface area contributed by atoms with Crippen molar-refractivity contribution in [2.75, 3.05) is 10.5 Å². The van der Waals surface area contributed by atoms with Crippen molar-refractivity contribution in [1.82, 2.24) is 0 Å². The third-order valence-electron chi connectivity index (χ3n) is 2.81. The molecule has 0 spiro atoms. The van der Waals surface area contributed by atoms with Gasteiger partial charge in [-0.05, 0) is 36.8 Å². The number of hydrogen-bond donors (Lipinski definition) is 2. The Hall–Kier alpha value is -2.15. The van der Waals surface area contributed by atoms with Gasteiger partial charge in [-0.3, -0.25) is 4.72 Å². The van der Waals surface area contributed by atoms with E-state index >= 15 is 0 Å². The normalized spacial score (nSPS) is 11.3. The molecule has 0 saturated carbocycles. The van der Waals surface area contributed by atoms with E-state index in [-0.39, 0.29) is 4.90 Å². The maximum atomic E-state index is 13.5. The highest BCUT2D eigenvalue weighted by atomic mass is 32.2. The van der Waals surface area contributed by atoms with Crippen LogP contribution in [0.1, 0.15) is 5.56 Å². The Bertz CT molecular complexity index is 761. The molecular formula is C13H12F2N2O2S. The predicted molar refractivity (Wildman–Crippen MR) is 72.8 cm³/mol. The van der Waals surface area contributed by atoms with Gasteiger partial charge in [-0.2, -0.15) is 0 Å². The second-order valence-corrected chi connectivity index (χ2v) is 5.83. The molecule has 20 heavy (non-hydrogen) atoms. The first-order valence-electron chi connectivity index (χ1n) is 5.65. The summed E-state index contributed by atoms with van der Waals surface area (Å²) < 4.78 is 52.9. The third kappa shape index (κ3) is 2.57. The number of nitrogen functional groups attached to an aromatic ring is 1. The van der Waals surface area contributed by atoms with Gasteiger partial charge in [0.2, 0.25) is 0 Å². The molecule has 0 bridgehead atoms. The zero-order valence-corrected chi connectivity index (χ0v) is 11.3. The van der Waals surface area contributed by atoms with Crippen molar-refractivity contribution in [2.24, 2.45) is 0 Å². The molecule has 4 nitrogen and oxygen atoms in total. The first-order valence-corrected chi connectivity index (χ1v) is 7.13. The number of hydrogen-bond acceptors (Lipinski definition) is 3. The third-order valence-corrected chi connectivity index (χ3v) is 4.32. The SMILES string of the molecule is Cc1c(N)cccc1S(=O)(=O)Nc1cccc(F)c1F. The molecule has 0 saturated heterocycles. The molecule has 3 N–H and O–H groups in total. The second-order valence-electron chi connectivity index (χ2n) is 4.18. The van der Waals surface area contributed by atoms with Crippen LogP contribution in [0.15, 0.2) is 41.3 Å². The Morgan fingerprint density at radius 3 is 2.45 bits per heavy atom. The van der Waals surface area contributed by atoms with Gasteiger partial charge in [-0.1, -0.05) is 12.1 Å². The summed E-state index contributed by atoms with van der Waals surface area (Å²) in [6.07, 6.45) is 0. The Labute approximate surface area is 115 Å². The number of halogens is 2. The van der Waals surface area contributed by atoms with Gasteiger partial charge in [0.15, 0.2) is 11.6 Å². The lowest BCUT2D eigenvalue weighted by Crippen LogP contribution is -2.16. The van der Waals surface area contributed by atoms with Crippen molar-refractivity contribution in [3.8, 4) is 0 Å². The number of rotatable bonds is 3. The fourth-order valence-corrected chi connectivity index (χ4v) is 3.04. The van der Waals surface area contributed by atoms with Gasteiger partial charge in [0.05, 0.1) is 10.6 Å². The summed E-state index contributed by atoms with van der Waals surface area (Å²) in [6, 6.07) is 7.61. The second kappa shape index (κ2) is 5.09. The molecule has 0 heterocycles. The minimum absolute atomic E-state index is 0.0823. The van der Waals surface area contributed by atoms with Crippen molar-refractivity contribution >= 4 is 21.4 Å². The van der Waals surface area contributed by atoms with E-state index in [1.54, 1.807) is 6.07 Å². The molecule has 0 aliphatic rings. The van der Waals surface area contributed by atoms with Crippen LogP contribution >= 0.6 is 0 Å². The molecule has 2 rings (SSSR count). The van der Waals surface area contributed by atoms with Crippen molar-refractivity contribution in [3.05, 3.63) is 53.6 Å². The zero-order valence-electron chi connectivity index (χ0n) is 10.5. The average Bonchev–Trinajstić information content (AvgIpc) is 2.38. The standard InChI is InChI=1S/C13H12F2N2O2S/c1-8-10(16)5-3-7-12(8)20(18,19)17-11-6-2-4-9(14)13(11)15/h2-7,17H,16H2,1H3. The number of benzene rings is 2. The molecular weight excluding hydrogens is 286 g/mol. The molecule has 2 aromatic rings. The van der Waals surface area contributed by atoms with Crippen LogP contribution in [-0.4, -0.2) is 8.42 Å². The van der Waals surface area contributed by atoms with Crippen LogP contribution in [0.3, 0.4) is 0 Å². The van der Waals surface area contributed by atoms with Gasteiger partial charge in [0, 0.05) is 5.69 Å². The zero-order chi connectivity index (χ0) is 14.9. The molecule has 0 unspecified atom stereocenters. The molecule has 0 radical (unpaired) electrons. The lowest BCUT2D eigenvalue weighted by atomic mass is 10.2. The largest absolute Gasteiger partial charge is 0.398 e. The van der Waals surface area contributed by atoms with E-state index in [1.165, 1.54) is 25.1 Å². The molecule has 0 aromatic heterocycles. The number of sulfonamides is 1. The fourth-order valence-electron chi connectivity index (χ4n) is 1.70. The Morgan fingerprint density at radius 2 is 1.75 bits per heavy atom. The molecule has 0 fully saturated rings. The summed E-state index contributed by atoms with van der Waals surface area (Å²) in [5.41, 5.74) is 5.83. The van der Waals surface area contributed by atoms with E-state index in [4.69, 9.17) is 5.73 Å². The van der Waals surface area contributed by atoms with Gasteiger partial charge in [0.1, 0.15) is 0 Å². The summed E-state index contributed by atoms with van der Waals surface area (Å²) in [6.45, 7) is 1.53. The van der Waals surface area contributed by atoms with Crippen LogP contribution in [0, 0.1) is 18.6 Å². The van der Waals surface area contributed by atoms with Crippen molar-refractivity contribution in [2.45, 2.75) is 11.8 Å². The first-order chi connectivity index (χ1) is 9.33. The van der Waals surface area contributed by atoms with E-state index in [9.17, 15) is 17.2 Å². The van der Waals surface area contributed by atoms with Gasteiger partial charge in [-0.15, -0.1) is 0 Å². The Kier molecular flexibility index (Phi) is 3.63. The van der Waals surface area contributed by atoms with Crippen molar-refractivity contribution < 1.29 is 17.2 Å². The van der Waals surface area contributed by atoms with Gasteiger partial charge >= 0.3 is 0 Å². The van der Waals surface area contributed by atoms with Crippen LogP contribution < -0.4 is 10.5 Å². The lowest BCUT2D eigenvalue weighted by Gasteiger charge is -2.12. The average molecular weight is 298 g/mol. The summed E-state index contributed by atoms with van der Waals surface area (Å²) in [7, 11) is -4.04. The van der Waals surface area contributed by atoms with E-state index in [0.29, 0.717) is 11.3 Å². The highest BCUT2D eigenvalue weighted by molar-refractivity contribution is 7.92.